The number of ether oxygens (including phenoxy) is 1. The Morgan fingerprint density at radius 1 is 1.00 bits per heavy atom. The maximum atomic E-state index is 13.0. The lowest BCUT2D eigenvalue weighted by Crippen LogP contribution is -2.08. The summed E-state index contributed by atoms with van der Waals surface area (Å²) >= 11 is 0. The summed E-state index contributed by atoms with van der Waals surface area (Å²) in [5, 5.41) is 11.6. The van der Waals surface area contributed by atoms with Gasteiger partial charge in [-0.25, -0.2) is 0 Å². The van der Waals surface area contributed by atoms with Crippen LogP contribution in [0, 0.1) is 10.1 Å². The number of H-pyrrole nitrogens is 1. The van der Waals surface area contributed by atoms with Crippen molar-refractivity contribution >= 4 is 27.5 Å². The highest BCUT2D eigenvalue weighted by Crippen LogP contribution is 2.36. The topological polar surface area (TPSA) is 85.2 Å². The van der Waals surface area contributed by atoms with Gasteiger partial charge in [0.05, 0.1) is 15.9 Å². The van der Waals surface area contributed by atoms with Gasteiger partial charge in [0.1, 0.15) is 17.0 Å². The van der Waals surface area contributed by atoms with Gasteiger partial charge in [0.2, 0.25) is 5.43 Å². The first-order valence-corrected chi connectivity index (χ1v) is 8.33. The highest BCUT2D eigenvalue weighted by Gasteiger charge is 2.30. The number of nitrogens with one attached hydrogen (secondary N) is 1. The van der Waals surface area contributed by atoms with Crippen molar-refractivity contribution in [3.05, 3.63) is 86.6 Å². The number of non-ortho nitro benzene ring substituents is 1. The number of aromatic nitrogens is 1. The number of para-hydroxylation sites is 1. The molecule has 4 rings (SSSR count). The molecule has 0 atom stereocenters. The molecule has 1 aromatic heterocycles. The van der Waals surface area contributed by atoms with Crippen molar-refractivity contribution in [1.29, 1.82) is 0 Å². The lowest BCUT2D eigenvalue weighted by Gasteiger charge is -2.12. The molecule has 0 unspecified atom stereocenters. The van der Waals surface area contributed by atoms with Crippen LogP contribution in [0.1, 0.15) is 5.56 Å². The van der Waals surface area contributed by atoms with Gasteiger partial charge in [-0.2, -0.15) is 13.2 Å². The van der Waals surface area contributed by atoms with Crippen LogP contribution in [-0.2, 0) is 6.18 Å². The zero-order valence-corrected chi connectivity index (χ0v) is 14.5. The van der Waals surface area contributed by atoms with Crippen LogP contribution in [0.15, 0.2) is 65.5 Å². The van der Waals surface area contributed by atoms with Crippen LogP contribution in [0.2, 0.25) is 0 Å². The van der Waals surface area contributed by atoms with Gasteiger partial charge in [0.15, 0.2) is 0 Å². The smallest absolute Gasteiger partial charge is 0.416 e. The maximum Gasteiger partial charge on any atom is 0.416 e. The first kappa shape index (κ1) is 18.5. The van der Waals surface area contributed by atoms with Crippen molar-refractivity contribution in [2.45, 2.75) is 6.18 Å². The molecule has 0 saturated carbocycles. The number of aromatic amines is 1. The largest absolute Gasteiger partial charge is 0.456 e. The lowest BCUT2D eigenvalue weighted by molar-refractivity contribution is -0.383. The number of fused-ring (bicyclic) bond motifs is 2. The van der Waals surface area contributed by atoms with Gasteiger partial charge < -0.3 is 9.72 Å². The molecule has 1 heterocycles. The molecular formula is C20H11F3N2O4. The third-order valence-corrected chi connectivity index (χ3v) is 4.39. The van der Waals surface area contributed by atoms with Crippen molar-refractivity contribution in [3.8, 4) is 11.5 Å². The van der Waals surface area contributed by atoms with E-state index in [2.05, 4.69) is 4.98 Å². The van der Waals surface area contributed by atoms with Gasteiger partial charge in [0, 0.05) is 17.0 Å². The number of halogens is 3. The van der Waals surface area contributed by atoms with E-state index < -0.39 is 22.1 Å². The Labute approximate surface area is 160 Å². The fourth-order valence-corrected chi connectivity index (χ4v) is 3.08. The number of benzene rings is 3. The molecule has 0 radical (unpaired) electrons. The van der Waals surface area contributed by atoms with Gasteiger partial charge in [-0.3, -0.25) is 14.9 Å². The van der Waals surface area contributed by atoms with Gasteiger partial charge in [-0.05, 0) is 36.4 Å². The number of alkyl halides is 3. The van der Waals surface area contributed by atoms with Crippen molar-refractivity contribution in [1.82, 2.24) is 4.98 Å². The highest BCUT2D eigenvalue weighted by molar-refractivity contribution is 5.99. The third-order valence-electron chi connectivity index (χ3n) is 4.39. The Morgan fingerprint density at radius 2 is 1.76 bits per heavy atom. The summed E-state index contributed by atoms with van der Waals surface area (Å²) in [6.07, 6.45) is -4.56. The van der Waals surface area contributed by atoms with Crippen molar-refractivity contribution in [2.24, 2.45) is 0 Å². The molecule has 0 spiro atoms. The Kier molecular flexibility index (Phi) is 4.22. The average Bonchev–Trinajstić information content (AvgIpc) is 2.67. The molecule has 0 fully saturated rings. The fourth-order valence-electron chi connectivity index (χ4n) is 3.08. The zero-order valence-electron chi connectivity index (χ0n) is 14.5. The fraction of sp³-hybridized carbons (Fsp3) is 0.0500. The minimum absolute atomic E-state index is 0.0665. The van der Waals surface area contributed by atoms with Gasteiger partial charge in [0.25, 0.3) is 5.69 Å². The number of pyridine rings is 1. The maximum absolute atomic E-state index is 13.0. The van der Waals surface area contributed by atoms with Crippen LogP contribution in [0.5, 0.6) is 11.5 Å². The minimum Gasteiger partial charge on any atom is -0.456 e. The normalized spacial score (nSPS) is 11.7. The first-order valence-electron chi connectivity index (χ1n) is 8.33. The molecule has 0 aliphatic heterocycles. The van der Waals surface area contributed by atoms with Crippen LogP contribution in [0.25, 0.3) is 21.8 Å². The monoisotopic (exact) mass is 400 g/mol. The molecule has 9 heteroatoms. The van der Waals surface area contributed by atoms with Crippen LogP contribution >= 0.6 is 0 Å². The van der Waals surface area contributed by atoms with E-state index in [4.69, 9.17) is 4.74 Å². The highest BCUT2D eigenvalue weighted by atomic mass is 19.4. The van der Waals surface area contributed by atoms with E-state index in [-0.39, 0.29) is 33.5 Å². The van der Waals surface area contributed by atoms with Crippen LogP contribution in [0.3, 0.4) is 0 Å². The number of rotatable bonds is 3. The summed E-state index contributed by atoms with van der Waals surface area (Å²) in [7, 11) is 0. The van der Waals surface area contributed by atoms with E-state index in [0.29, 0.717) is 5.52 Å². The van der Waals surface area contributed by atoms with Gasteiger partial charge >= 0.3 is 6.18 Å². The minimum atomic E-state index is -4.56. The summed E-state index contributed by atoms with van der Waals surface area (Å²) in [4.78, 5) is 26.6. The molecule has 0 amide bonds. The third kappa shape index (κ3) is 3.27. The van der Waals surface area contributed by atoms with Crippen LogP contribution in [-0.4, -0.2) is 9.91 Å². The lowest BCUT2D eigenvalue weighted by atomic mass is 10.1. The van der Waals surface area contributed by atoms with Gasteiger partial charge in [-0.15, -0.1) is 0 Å². The van der Waals surface area contributed by atoms with Crippen molar-refractivity contribution < 1.29 is 22.8 Å². The SMILES string of the molecule is O=c1c2ccccc2[nH]c2c([N+](=O)[O-])ccc(Oc3cccc(C(F)(F)F)c3)c12. The number of hydrogen-bond acceptors (Lipinski definition) is 4. The molecule has 0 aliphatic carbocycles. The van der Waals surface area contributed by atoms with Crippen molar-refractivity contribution in [3.63, 3.8) is 0 Å². The molecule has 0 bridgehead atoms. The number of nitrogens with zero attached hydrogens (tertiary/aromatic N) is 1. The summed E-state index contributed by atoms with van der Waals surface area (Å²) < 4.78 is 44.4. The second kappa shape index (κ2) is 6.62. The molecule has 0 saturated heterocycles. The molecule has 146 valence electrons. The van der Waals surface area contributed by atoms with E-state index in [1.54, 1.807) is 24.3 Å². The molecule has 3 aromatic carbocycles. The summed E-state index contributed by atoms with van der Waals surface area (Å²) in [6.45, 7) is 0. The Balaban J connectivity index is 1.96. The van der Waals surface area contributed by atoms with E-state index in [9.17, 15) is 28.1 Å². The van der Waals surface area contributed by atoms with Gasteiger partial charge in [-0.1, -0.05) is 18.2 Å². The van der Waals surface area contributed by atoms with E-state index in [0.717, 1.165) is 18.2 Å². The number of nitro benzene ring substituents is 1. The van der Waals surface area contributed by atoms with E-state index >= 15 is 0 Å². The Hall–Kier alpha value is -3.88. The second-order valence-electron chi connectivity index (χ2n) is 6.22. The Morgan fingerprint density at radius 3 is 2.48 bits per heavy atom. The summed E-state index contributed by atoms with van der Waals surface area (Å²) in [6, 6.07) is 12.9. The average molecular weight is 400 g/mol. The van der Waals surface area contributed by atoms with E-state index in [1.807, 2.05) is 0 Å². The molecule has 0 aliphatic rings. The van der Waals surface area contributed by atoms with E-state index in [1.165, 1.54) is 18.2 Å². The molecule has 4 aromatic rings. The quantitative estimate of drug-likeness (QED) is 0.283. The first-order chi connectivity index (χ1) is 13.8. The summed E-state index contributed by atoms with van der Waals surface area (Å²) in [5.41, 5.74) is -1.47. The zero-order chi connectivity index (χ0) is 20.8. The van der Waals surface area contributed by atoms with Crippen molar-refractivity contribution in [2.75, 3.05) is 0 Å². The molecule has 6 nitrogen and oxygen atoms in total. The number of hydrogen-bond donors (Lipinski definition) is 1. The van der Waals surface area contributed by atoms with Crippen LogP contribution < -0.4 is 10.2 Å². The second-order valence-corrected chi connectivity index (χ2v) is 6.22. The molecular weight excluding hydrogens is 389 g/mol. The molecule has 29 heavy (non-hydrogen) atoms. The predicted octanol–water partition coefficient (Wildman–Crippen LogP) is 5.40. The number of nitro groups is 1. The molecule has 1 N–H and O–H groups in total. The van der Waals surface area contributed by atoms with Crippen LogP contribution in [0.4, 0.5) is 18.9 Å². The Bertz CT molecular complexity index is 1330. The summed E-state index contributed by atoms with van der Waals surface area (Å²) in [5.74, 6) is -0.237. The predicted molar refractivity (Wildman–Crippen MR) is 100 cm³/mol. The standard InChI is InChI=1S/C20H11F3N2O4/c21-20(22,23)11-4-3-5-12(10-11)29-16-9-8-15(25(27)28)18-17(16)19(26)13-6-1-2-7-14(13)24-18/h1-10H,(H,24,26).